The van der Waals surface area contributed by atoms with Crippen molar-refractivity contribution in [2.24, 2.45) is 5.92 Å². The lowest BCUT2D eigenvalue weighted by Gasteiger charge is -2.12. The van der Waals surface area contributed by atoms with Gasteiger partial charge in [0.2, 0.25) is 0 Å². The Morgan fingerprint density at radius 1 is 0.462 bits per heavy atom. The number of hydrogen-bond acceptors (Lipinski definition) is 0. The van der Waals surface area contributed by atoms with Crippen molar-refractivity contribution in [1.82, 2.24) is 0 Å². The highest BCUT2D eigenvalue weighted by Crippen LogP contribution is 2.19. The quantitative estimate of drug-likeness (QED) is 0.140. The highest BCUT2D eigenvalue weighted by molar-refractivity contribution is 4.82. The van der Waals surface area contributed by atoms with Crippen LogP contribution in [0.4, 0.5) is 0 Å². The fraction of sp³-hybridized carbons (Fsp3) is 0.923. The van der Waals surface area contributed by atoms with Gasteiger partial charge in [0.05, 0.1) is 0 Å². The summed E-state index contributed by atoms with van der Waals surface area (Å²) in [5.41, 5.74) is 0. The van der Waals surface area contributed by atoms with E-state index in [-0.39, 0.29) is 0 Å². The maximum Gasteiger partial charge on any atom is -0.0348 e. The average molecular weight is 365 g/mol. The van der Waals surface area contributed by atoms with E-state index in [0.717, 1.165) is 5.92 Å². The van der Waals surface area contributed by atoms with Crippen LogP contribution in [0.3, 0.4) is 0 Å². The second-order valence-electron chi connectivity index (χ2n) is 8.50. The van der Waals surface area contributed by atoms with Crippen molar-refractivity contribution in [2.45, 2.75) is 149 Å². The average Bonchev–Trinajstić information content (AvgIpc) is 2.66. The summed E-state index contributed by atoms with van der Waals surface area (Å²) in [6.07, 6.45) is 33.4. The first kappa shape index (κ1) is 25.7. The third-order valence-electron chi connectivity index (χ3n) is 5.93. The SMILES string of the molecule is CCCCCCCCCCCCCCC=CCCC(CC)CCCCC. The predicted octanol–water partition coefficient (Wildman–Crippen LogP) is 10.0. The number of rotatable bonds is 21. The molecule has 156 valence electrons. The normalized spacial score (nSPS) is 12.9. The lowest BCUT2D eigenvalue weighted by atomic mass is 9.94. The molecule has 0 heteroatoms. The first-order valence-corrected chi connectivity index (χ1v) is 12.5. The van der Waals surface area contributed by atoms with Gasteiger partial charge in [0.1, 0.15) is 0 Å². The molecule has 0 rings (SSSR count). The maximum absolute atomic E-state index is 2.46. The minimum absolute atomic E-state index is 0.970. The first-order valence-electron chi connectivity index (χ1n) is 12.5. The van der Waals surface area contributed by atoms with Gasteiger partial charge in [-0.05, 0) is 31.6 Å². The van der Waals surface area contributed by atoms with Crippen LogP contribution in [0, 0.1) is 5.92 Å². The summed E-state index contributed by atoms with van der Waals surface area (Å²) < 4.78 is 0. The Hall–Kier alpha value is -0.260. The molecule has 0 radical (unpaired) electrons. The van der Waals surface area contributed by atoms with Crippen LogP contribution < -0.4 is 0 Å². The van der Waals surface area contributed by atoms with Crippen LogP contribution in [0.5, 0.6) is 0 Å². The van der Waals surface area contributed by atoms with Crippen molar-refractivity contribution in [3.05, 3.63) is 12.2 Å². The highest BCUT2D eigenvalue weighted by Gasteiger charge is 2.04. The monoisotopic (exact) mass is 364 g/mol. The van der Waals surface area contributed by atoms with Crippen molar-refractivity contribution in [3.63, 3.8) is 0 Å². The molecule has 1 unspecified atom stereocenters. The van der Waals surface area contributed by atoms with E-state index in [1.54, 1.807) is 0 Å². The predicted molar refractivity (Wildman–Crippen MR) is 122 cm³/mol. The van der Waals surface area contributed by atoms with Gasteiger partial charge in [0.25, 0.3) is 0 Å². The number of unbranched alkanes of at least 4 members (excludes halogenated alkanes) is 14. The van der Waals surface area contributed by atoms with E-state index in [0.29, 0.717) is 0 Å². The topological polar surface area (TPSA) is 0 Å². The Balaban J connectivity index is 3.25. The second-order valence-corrected chi connectivity index (χ2v) is 8.50. The summed E-state index contributed by atoms with van der Waals surface area (Å²) in [4.78, 5) is 0. The van der Waals surface area contributed by atoms with Gasteiger partial charge in [0.15, 0.2) is 0 Å². The molecule has 0 aliphatic heterocycles. The molecule has 0 aromatic rings. The lowest BCUT2D eigenvalue weighted by Crippen LogP contribution is -1.98. The molecule has 0 aliphatic rings. The standard InChI is InChI=1S/C26H52/c1-4-7-9-10-11-12-13-14-15-16-17-18-19-20-21-23-25-26(6-3)24-22-8-5-2/h20-21,26H,4-19,22-25H2,1-3H3. The molecule has 1 atom stereocenters. The summed E-state index contributed by atoms with van der Waals surface area (Å²) in [6, 6.07) is 0. The number of hydrogen-bond donors (Lipinski definition) is 0. The van der Waals surface area contributed by atoms with E-state index < -0.39 is 0 Å². The Labute approximate surface area is 167 Å². The smallest absolute Gasteiger partial charge is 0.0348 e. The molecule has 26 heavy (non-hydrogen) atoms. The minimum atomic E-state index is 0.970. The van der Waals surface area contributed by atoms with Gasteiger partial charge in [-0.1, -0.05) is 136 Å². The summed E-state index contributed by atoms with van der Waals surface area (Å²) >= 11 is 0. The van der Waals surface area contributed by atoms with Crippen molar-refractivity contribution >= 4 is 0 Å². The fourth-order valence-corrected chi connectivity index (χ4v) is 3.91. The zero-order valence-corrected chi connectivity index (χ0v) is 18.9. The Kier molecular flexibility index (Phi) is 22.6. The largest absolute Gasteiger partial charge is 0.0885 e. The molecule has 0 spiro atoms. The number of allylic oxidation sites excluding steroid dienone is 2. The van der Waals surface area contributed by atoms with Crippen LogP contribution in [0.1, 0.15) is 149 Å². The zero-order valence-electron chi connectivity index (χ0n) is 18.9. The Bertz CT molecular complexity index is 265. The molecule has 0 saturated carbocycles. The van der Waals surface area contributed by atoms with Crippen LogP contribution in [0.15, 0.2) is 12.2 Å². The Morgan fingerprint density at radius 3 is 1.46 bits per heavy atom. The Morgan fingerprint density at radius 2 is 0.923 bits per heavy atom. The molecule has 0 N–H and O–H groups in total. The van der Waals surface area contributed by atoms with Crippen LogP contribution >= 0.6 is 0 Å². The van der Waals surface area contributed by atoms with E-state index in [9.17, 15) is 0 Å². The molecular weight excluding hydrogens is 312 g/mol. The molecule has 0 fully saturated rings. The van der Waals surface area contributed by atoms with Crippen molar-refractivity contribution in [3.8, 4) is 0 Å². The molecular formula is C26H52. The van der Waals surface area contributed by atoms with Gasteiger partial charge in [-0.25, -0.2) is 0 Å². The van der Waals surface area contributed by atoms with E-state index in [2.05, 4.69) is 32.9 Å². The van der Waals surface area contributed by atoms with Gasteiger partial charge < -0.3 is 0 Å². The third-order valence-corrected chi connectivity index (χ3v) is 5.93. The van der Waals surface area contributed by atoms with E-state index >= 15 is 0 Å². The molecule has 0 bridgehead atoms. The van der Waals surface area contributed by atoms with E-state index in [1.165, 1.54) is 128 Å². The zero-order chi connectivity index (χ0) is 19.1. The molecule has 0 amide bonds. The minimum Gasteiger partial charge on any atom is -0.0885 e. The lowest BCUT2D eigenvalue weighted by molar-refractivity contribution is 0.419. The first-order chi connectivity index (χ1) is 12.8. The van der Waals surface area contributed by atoms with Crippen molar-refractivity contribution < 1.29 is 0 Å². The van der Waals surface area contributed by atoms with Crippen LogP contribution in [0.2, 0.25) is 0 Å². The van der Waals surface area contributed by atoms with Crippen molar-refractivity contribution in [2.75, 3.05) is 0 Å². The van der Waals surface area contributed by atoms with Gasteiger partial charge in [-0.3, -0.25) is 0 Å². The highest BCUT2D eigenvalue weighted by atomic mass is 14.1. The second kappa shape index (κ2) is 22.8. The van der Waals surface area contributed by atoms with Gasteiger partial charge in [-0.2, -0.15) is 0 Å². The maximum atomic E-state index is 2.46. The molecule has 0 aliphatic carbocycles. The van der Waals surface area contributed by atoms with Crippen LogP contribution in [-0.2, 0) is 0 Å². The van der Waals surface area contributed by atoms with E-state index in [1.807, 2.05) is 0 Å². The van der Waals surface area contributed by atoms with Gasteiger partial charge in [0, 0.05) is 0 Å². The van der Waals surface area contributed by atoms with E-state index in [4.69, 9.17) is 0 Å². The summed E-state index contributed by atoms with van der Waals surface area (Å²) in [6.45, 7) is 6.97. The van der Waals surface area contributed by atoms with Crippen LogP contribution in [0.25, 0.3) is 0 Å². The molecule has 0 nitrogen and oxygen atoms in total. The third kappa shape index (κ3) is 20.1. The molecule has 0 aromatic carbocycles. The molecule has 0 saturated heterocycles. The summed E-state index contributed by atoms with van der Waals surface area (Å²) in [5, 5.41) is 0. The van der Waals surface area contributed by atoms with Gasteiger partial charge >= 0.3 is 0 Å². The fourth-order valence-electron chi connectivity index (χ4n) is 3.91. The van der Waals surface area contributed by atoms with Gasteiger partial charge in [-0.15, -0.1) is 0 Å². The summed E-state index contributed by atoms with van der Waals surface area (Å²) in [5.74, 6) is 0.970. The summed E-state index contributed by atoms with van der Waals surface area (Å²) in [7, 11) is 0. The van der Waals surface area contributed by atoms with Crippen molar-refractivity contribution in [1.29, 1.82) is 0 Å². The molecule has 0 heterocycles. The molecule has 0 aromatic heterocycles. The van der Waals surface area contributed by atoms with Crippen LogP contribution in [-0.4, -0.2) is 0 Å².